The third-order valence-electron chi connectivity index (χ3n) is 1.91. The highest BCUT2D eigenvalue weighted by molar-refractivity contribution is 6.44. The standard InChI is InChI=1S/C12H24O4Si/c1-10(2)11(13)15-8-7-9-17(14-6)16-12(3,4)5/h17H,1,7-9H2,2-6H3. The van der Waals surface area contributed by atoms with Gasteiger partial charge in [-0.25, -0.2) is 4.79 Å². The van der Waals surface area contributed by atoms with Crippen molar-refractivity contribution in [3.63, 3.8) is 0 Å². The summed E-state index contributed by atoms with van der Waals surface area (Å²) in [7, 11) is 0.0299. The number of hydrogen-bond donors (Lipinski definition) is 0. The summed E-state index contributed by atoms with van der Waals surface area (Å²) in [5, 5.41) is 0. The van der Waals surface area contributed by atoms with Crippen molar-refractivity contribution < 1.29 is 18.4 Å². The fourth-order valence-electron chi connectivity index (χ4n) is 1.16. The summed E-state index contributed by atoms with van der Waals surface area (Å²) in [5.74, 6) is -0.336. The van der Waals surface area contributed by atoms with Crippen LogP contribution in [0.1, 0.15) is 34.1 Å². The molecule has 0 aromatic carbocycles. The van der Waals surface area contributed by atoms with Crippen LogP contribution in [0.3, 0.4) is 0 Å². The van der Waals surface area contributed by atoms with Crippen molar-refractivity contribution in [2.75, 3.05) is 13.7 Å². The van der Waals surface area contributed by atoms with E-state index in [-0.39, 0.29) is 11.6 Å². The first kappa shape index (κ1) is 16.3. The zero-order chi connectivity index (χ0) is 13.5. The molecule has 1 atom stereocenters. The maximum atomic E-state index is 11.1. The lowest BCUT2D eigenvalue weighted by atomic mass is 10.2. The Morgan fingerprint density at radius 1 is 1.35 bits per heavy atom. The van der Waals surface area contributed by atoms with Gasteiger partial charge in [0.1, 0.15) is 0 Å². The second-order valence-electron chi connectivity index (χ2n) is 4.95. The molecule has 0 heterocycles. The van der Waals surface area contributed by atoms with Crippen LogP contribution in [0.2, 0.25) is 6.04 Å². The molecule has 0 aliphatic carbocycles. The fraction of sp³-hybridized carbons (Fsp3) is 0.750. The number of carbonyl (C=O) groups is 1. The quantitative estimate of drug-likeness (QED) is 0.305. The van der Waals surface area contributed by atoms with Crippen LogP contribution in [0.15, 0.2) is 12.2 Å². The zero-order valence-corrected chi connectivity index (χ0v) is 12.7. The fourth-order valence-corrected chi connectivity index (χ4v) is 2.90. The lowest BCUT2D eigenvalue weighted by Gasteiger charge is -2.25. The maximum absolute atomic E-state index is 11.1. The van der Waals surface area contributed by atoms with E-state index in [0.29, 0.717) is 12.2 Å². The number of hydrogen-bond acceptors (Lipinski definition) is 4. The Balaban J connectivity index is 3.78. The predicted molar refractivity (Wildman–Crippen MR) is 70.2 cm³/mol. The molecule has 1 unspecified atom stereocenters. The number of rotatable bonds is 7. The van der Waals surface area contributed by atoms with Crippen molar-refractivity contribution in [2.24, 2.45) is 0 Å². The van der Waals surface area contributed by atoms with Gasteiger partial charge in [0.05, 0.1) is 6.61 Å². The van der Waals surface area contributed by atoms with Gasteiger partial charge in [-0.05, 0) is 40.2 Å². The summed E-state index contributed by atoms with van der Waals surface area (Å²) in [4.78, 5) is 11.1. The normalized spacial score (nSPS) is 13.2. The number of carbonyl (C=O) groups excluding carboxylic acids is 1. The minimum absolute atomic E-state index is 0.179. The van der Waals surface area contributed by atoms with Gasteiger partial charge in [0.25, 0.3) is 0 Å². The molecule has 4 nitrogen and oxygen atoms in total. The average Bonchev–Trinajstić information content (AvgIpc) is 2.20. The van der Waals surface area contributed by atoms with Crippen LogP contribution in [0.4, 0.5) is 0 Å². The molecule has 17 heavy (non-hydrogen) atoms. The van der Waals surface area contributed by atoms with Crippen LogP contribution in [-0.2, 0) is 18.4 Å². The molecule has 0 aliphatic heterocycles. The van der Waals surface area contributed by atoms with Gasteiger partial charge in [0.2, 0.25) is 0 Å². The highest BCUT2D eigenvalue weighted by Gasteiger charge is 2.20. The predicted octanol–water partition coefficient (Wildman–Crippen LogP) is 2.18. The van der Waals surface area contributed by atoms with E-state index < -0.39 is 9.28 Å². The van der Waals surface area contributed by atoms with E-state index in [4.69, 9.17) is 13.6 Å². The molecule has 0 saturated heterocycles. The average molecular weight is 260 g/mol. The van der Waals surface area contributed by atoms with Crippen molar-refractivity contribution in [3.8, 4) is 0 Å². The highest BCUT2D eigenvalue weighted by atomic mass is 28.3. The molecule has 5 heteroatoms. The van der Waals surface area contributed by atoms with Crippen LogP contribution in [0, 0.1) is 0 Å². The molecule has 0 bridgehead atoms. The van der Waals surface area contributed by atoms with Gasteiger partial charge in [-0.1, -0.05) is 6.58 Å². The van der Waals surface area contributed by atoms with Crippen LogP contribution >= 0.6 is 0 Å². The Kier molecular flexibility index (Phi) is 7.34. The van der Waals surface area contributed by atoms with Crippen molar-refractivity contribution in [3.05, 3.63) is 12.2 Å². The smallest absolute Gasteiger partial charge is 0.333 e. The molecule has 0 amide bonds. The molecule has 0 spiro atoms. The lowest BCUT2D eigenvalue weighted by Crippen LogP contribution is -2.32. The Hall–Kier alpha value is -0.653. The van der Waals surface area contributed by atoms with Gasteiger partial charge in [-0.2, -0.15) is 0 Å². The molecule has 0 aromatic heterocycles. The summed E-state index contributed by atoms with van der Waals surface area (Å²) >= 11 is 0. The Morgan fingerprint density at radius 3 is 2.35 bits per heavy atom. The first-order valence-corrected chi connectivity index (χ1v) is 7.55. The van der Waals surface area contributed by atoms with E-state index in [1.165, 1.54) is 0 Å². The van der Waals surface area contributed by atoms with Crippen LogP contribution < -0.4 is 0 Å². The van der Waals surface area contributed by atoms with Crippen molar-refractivity contribution in [1.29, 1.82) is 0 Å². The van der Waals surface area contributed by atoms with E-state index in [2.05, 4.69) is 6.58 Å². The maximum Gasteiger partial charge on any atom is 0.333 e. The van der Waals surface area contributed by atoms with Crippen molar-refractivity contribution in [1.82, 2.24) is 0 Å². The lowest BCUT2D eigenvalue weighted by molar-refractivity contribution is -0.138. The number of esters is 1. The molecule has 0 rings (SSSR count). The molecule has 100 valence electrons. The molecular weight excluding hydrogens is 236 g/mol. The molecular formula is C12H24O4Si. The topological polar surface area (TPSA) is 44.8 Å². The molecule has 0 aromatic rings. The first-order valence-electron chi connectivity index (χ1n) is 5.79. The molecule has 0 aliphatic rings. The van der Waals surface area contributed by atoms with Crippen molar-refractivity contribution >= 4 is 15.3 Å². The molecule has 0 radical (unpaired) electrons. The summed E-state index contributed by atoms with van der Waals surface area (Å²) in [5.41, 5.74) is 0.248. The van der Waals surface area contributed by atoms with E-state index in [1.807, 2.05) is 20.8 Å². The van der Waals surface area contributed by atoms with E-state index in [0.717, 1.165) is 12.5 Å². The largest absolute Gasteiger partial charge is 0.462 e. The van der Waals surface area contributed by atoms with Crippen LogP contribution in [0.5, 0.6) is 0 Å². The number of ether oxygens (including phenoxy) is 1. The van der Waals surface area contributed by atoms with Gasteiger partial charge in [-0.15, -0.1) is 0 Å². The monoisotopic (exact) mass is 260 g/mol. The second kappa shape index (κ2) is 7.63. The van der Waals surface area contributed by atoms with E-state index in [1.54, 1.807) is 14.0 Å². The van der Waals surface area contributed by atoms with E-state index in [9.17, 15) is 4.79 Å². The van der Waals surface area contributed by atoms with Gasteiger partial charge in [0, 0.05) is 18.3 Å². The van der Waals surface area contributed by atoms with Gasteiger partial charge in [-0.3, -0.25) is 0 Å². The third kappa shape index (κ3) is 9.09. The Bertz CT molecular complexity index is 258. The van der Waals surface area contributed by atoms with Crippen LogP contribution in [-0.4, -0.2) is 34.6 Å². The summed E-state index contributed by atoms with van der Waals surface area (Å²) < 4.78 is 16.1. The highest BCUT2D eigenvalue weighted by Crippen LogP contribution is 2.12. The van der Waals surface area contributed by atoms with Gasteiger partial charge in [0.15, 0.2) is 0 Å². The minimum atomic E-state index is -1.64. The van der Waals surface area contributed by atoms with Gasteiger partial charge < -0.3 is 13.6 Å². The summed E-state index contributed by atoms with van der Waals surface area (Å²) in [6.45, 7) is 11.6. The van der Waals surface area contributed by atoms with Crippen molar-refractivity contribution in [2.45, 2.75) is 45.8 Å². The SMILES string of the molecule is C=C(C)C(=O)OCCC[SiH](OC)OC(C)(C)C. The molecule has 0 saturated carbocycles. The Morgan fingerprint density at radius 2 is 1.94 bits per heavy atom. The van der Waals surface area contributed by atoms with Gasteiger partial charge >= 0.3 is 15.3 Å². The Labute approximate surface area is 106 Å². The third-order valence-corrected chi connectivity index (χ3v) is 4.29. The zero-order valence-electron chi connectivity index (χ0n) is 11.5. The summed E-state index contributed by atoms with van der Waals surface area (Å²) in [6.07, 6.45) is 0.764. The summed E-state index contributed by atoms with van der Waals surface area (Å²) in [6, 6.07) is 0.831. The molecule has 0 fully saturated rings. The van der Waals surface area contributed by atoms with E-state index >= 15 is 0 Å². The van der Waals surface area contributed by atoms with Crippen LogP contribution in [0.25, 0.3) is 0 Å². The molecule has 0 N–H and O–H groups in total. The minimum Gasteiger partial charge on any atom is -0.462 e. The first-order chi connectivity index (χ1) is 7.76. The second-order valence-corrected chi connectivity index (χ2v) is 7.10.